The summed E-state index contributed by atoms with van der Waals surface area (Å²) in [7, 11) is 0. The highest BCUT2D eigenvalue weighted by atomic mass is 79.9. The van der Waals surface area contributed by atoms with E-state index in [-0.39, 0.29) is 0 Å². The average molecular weight is 322 g/mol. The van der Waals surface area contributed by atoms with Gasteiger partial charge in [0, 0.05) is 22.3 Å². The van der Waals surface area contributed by atoms with E-state index < -0.39 is 0 Å². The fourth-order valence-corrected chi connectivity index (χ4v) is 2.67. The molecule has 0 spiro atoms. The van der Waals surface area contributed by atoms with Gasteiger partial charge in [0.2, 0.25) is 0 Å². The smallest absolute Gasteiger partial charge is 0.145 e. The molecule has 1 aromatic heterocycles. The Hall–Kier alpha value is -1.09. The third-order valence-corrected chi connectivity index (χ3v) is 4.13. The average Bonchev–Trinajstić information content (AvgIpc) is 2.43. The molecule has 1 atom stereocenters. The lowest BCUT2D eigenvalue weighted by Crippen LogP contribution is -2.13. The monoisotopic (exact) mass is 321 g/mol. The maximum Gasteiger partial charge on any atom is 0.145 e. The van der Waals surface area contributed by atoms with Crippen LogP contribution in [0.3, 0.4) is 0 Å². The number of hydrogen-bond donors (Lipinski definition) is 0. The second kappa shape index (κ2) is 6.90. The van der Waals surface area contributed by atoms with Gasteiger partial charge in [-0.2, -0.15) is 0 Å². The number of para-hydroxylation sites is 1. The summed E-state index contributed by atoms with van der Waals surface area (Å²) in [4.78, 5) is 4.59. The number of nitrogens with zero attached hydrogens (tertiary/aromatic N) is 1. The van der Waals surface area contributed by atoms with Crippen LogP contribution in [0.1, 0.15) is 25.5 Å². The zero-order chi connectivity index (χ0) is 13.7. The fourth-order valence-electron chi connectivity index (χ4n) is 2.15. The van der Waals surface area contributed by atoms with Crippen LogP contribution in [0.5, 0.6) is 5.75 Å². The van der Waals surface area contributed by atoms with Gasteiger partial charge in [0.05, 0.1) is 6.61 Å². The minimum absolute atomic E-state index is 0.560. The molecular formula is C16H20BrNO. The first kappa shape index (κ1) is 14.3. The Balaban J connectivity index is 2.18. The summed E-state index contributed by atoms with van der Waals surface area (Å²) in [5.74, 6) is 1.45. The molecule has 1 aromatic carbocycles. The maximum atomic E-state index is 5.99. The molecule has 102 valence electrons. The van der Waals surface area contributed by atoms with E-state index in [0.717, 1.165) is 34.3 Å². The van der Waals surface area contributed by atoms with Crippen LogP contribution in [0, 0.1) is 12.8 Å². The van der Waals surface area contributed by atoms with E-state index in [1.54, 1.807) is 0 Å². The zero-order valence-corrected chi connectivity index (χ0v) is 13.1. The number of pyridine rings is 1. The summed E-state index contributed by atoms with van der Waals surface area (Å²) >= 11 is 3.56. The van der Waals surface area contributed by atoms with E-state index in [1.165, 1.54) is 12.8 Å². The Morgan fingerprint density at radius 3 is 2.84 bits per heavy atom. The lowest BCUT2D eigenvalue weighted by atomic mass is 10.1. The molecule has 0 radical (unpaired) electrons. The second-order valence-corrected chi connectivity index (χ2v) is 5.55. The molecule has 2 rings (SSSR count). The van der Waals surface area contributed by atoms with Crippen LogP contribution in [-0.4, -0.2) is 16.9 Å². The Morgan fingerprint density at radius 1 is 1.26 bits per heavy atom. The highest BCUT2D eigenvalue weighted by Gasteiger charge is 2.09. The Labute approximate surface area is 123 Å². The molecule has 0 N–H and O–H groups in total. The van der Waals surface area contributed by atoms with Gasteiger partial charge in [-0.05, 0) is 25.5 Å². The van der Waals surface area contributed by atoms with Crippen molar-refractivity contribution in [1.29, 1.82) is 0 Å². The minimum atomic E-state index is 0.560. The molecule has 19 heavy (non-hydrogen) atoms. The Morgan fingerprint density at radius 2 is 2.11 bits per heavy atom. The summed E-state index contributed by atoms with van der Waals surface area (Å²) in [5, 5.41) is 2.12. The van der Waals surface area contributed by atoms with Crippen molar-refractivity contribution >= 4 is 26.8 Å². The third-order valence-electron chi connectivity index (χ3n) is 3.21. The van der Waals surface area contributed by atoms with E-state index in [4.69, 9.17) is 4.74 Å². The Kier molecular flexibility index (Phi) is 5.20. The highest BCUT2D eigenvalue weighted by molar-refractivity contribution is 9.09. The first-order valence-corrected chi connectivity index (χ1v) is 7.92. The van der Waals surface area contributed by atoms with E-state index in [2.05, 4.69) is 40.0 Å². The number of benzene rings is 1. The van der Waals surface area contributed by atoms with E-state index in [0.29, 0.717) is 5.92 Å². The summed E-state index contributed by atoms with van der Waals surface area (Å²) in [6, 6.07) is 10.2. The Bertz CT molecular complexity index is 541. The minimum Gasteiger partial charge on any atom is -0.491 e. The third kappa shape index (κ3) is 3.69. The molecule has 3 heteroatoms. The van der Waals surface area contributed by atoms with E-state index in [9.17, 15) is 0 Å². The van der Waals surface area contributed by atoms with E-state index in [1.807, 2.05) is 25.1 Å². The molecule has 2 nitrogen and oxygen atoms in total. The topological polar surface area (TPSA) is 22.1 Å². The number of halogens is 1. The normalized spacial score (nSPS) is 12.6. The largest absolute Gasteiger partial charge is 0.491 e. The number of hydrogen-bond acceptors (Lipinski definition) is 2. The molecule has 0 aliphatic heterocycles. The molecule has 0 saturated heterocycles. The highest BCUT2D eigenvalue weighted by Crippen LogP contribution is 2.25. The van der Waals surface area contributed by atoms with Gasteiger partial charge in [-0.1, -0.05) is 47.5 Å². The van der Waals surface area contributed by atoms with Crippen molar-refractivity contribution in [3.63, 3.8) is 0 Å². The van der Waals surface area contributed by atoms with Crippen LogP contribution in [0.4, 0.5) is 0 Å². The second-order valence-electron chi connectivity index (χ2n) is 4.90. The summed E-state index contributed by atoms with van der Waals surface area (Å²) in [6.07, 6.45) is 2.37. The van der Waals surface area contributed by atoms with Crippen LogP contribution in [0.15, 0.2) is 30.3 Å². The van der Waals surface area contributed by atoms with Crippen molar-refractivity contribution in [2.24, 2.45) is 5.92 Å². The van der Waals surface area contributed by atoms with Crippen LogP contribution in [0.25, 0.3) is 10.9 Å². The quantitative estimate of drug-likeness (QED) is 0.717. The summed E-state index contributed by atoms with van der Waals surface area (Å²) in [6.45, 7) is 4.96. The lowest BCUT2D eigenvalue weighted by Gasteiger charge is -2.15. The summed E-state index contributed by atoms with van der Waals surface area (Å²) < 4.78 is 5.99. The van der Waals surface area contributed by atoms with E-state index >= 15 is 0 Å². The molecule has 1 unspecified atom stereocenters. The number of fused-ring (bicyclic) bond motifs is 1. The molecular weight excluding hydrogens is 302 g/mol. The molecule has 0 saturated carbocycles. The number of alkyl halides is 1. The van der Waals surface area contributed by atoms with Gasteiger partial charge in [0.1, 0.15) is 11.3 Å². The fraction of sp³-hybridized carbons (Fsp3) is 0.438. The van der Waals surface area contributed by atoms with Crippen molar-refractivity contribution in [2.45, 2.75) is 26.7 Å². The molecule has 0 amide bonds. The van der Waals surface area contributed by atoms with Gasteiger partial charge in [-0.15, -0.1) is 0 Å². The number of aromatic nitrogens is 1. The molecule has 0 aliphatic carbocycles. The molecule has 1 heterocycles. The standard InChI is InChI=1S/C16H20BrNO/c1-3-5-13(10-17)11-19-15-7-4-6-14-9-8-12(2)18-16(14)15/h4,6-9,13H,3,5,10-11H2,1-2H3. The molecule has 2 aromatic rings. The molecule has 0 fully saturated rings. The van der Waals surface area contributed by atoms with Crippen molar-refractivity contribution in [2.75, 3.05) is 11.9 Å². The van der Waals surface area contributed by atoms with Crippen molar-refractivity contribution < 1.29 is 4.74 Å². The van der Waals surface area contributed by atoms with Gasteiger partial charge < -0.3 is 4.74 Å². The van der Waals surface area contributed by atoms with Gasteiger partial charge in [0.15, 0.2) is 0 Å². The zero-order valence-electron chi connectivity index (χ0n) is 11.5. The van der Waals surface area contributed by atoms with Crippen LogP contribution in [0.2, 0.25) is 0 Å². The molecule has 0 aliphatic rings. The molecule has 0 bridgehead atoms. The van der Waals surface area contributed by atoms with Crippen molar-refractivity contribution in [3.8, 4) is 5.75 Å². The maximum absolute atomic E-state index is 5.99. The first-order chi connectivity index (χ1) is 9.24. The predicted octanol–water partition coefficient (Wildman–Crippen LogP) is 4.73. The SMILES string of the molecule is CCCC(CBr)COc1cccc2ccc(C)nc12. The van der Waals surface area contributed by atoms with Crippen LogP contribution < -0.4 is 4.74 Å². The van der Waals surface area contributed by atoms with Crippen molar-refractivity contribution in [1.82, 2.24) is 4.98 Å². The van der Waals surface area contributed by atoms with Gasteiger partial charge in [0.25, 0.3) is 0 Å². The lowest BCUT2D eigenvalue weighted by molar-refractivity contribution is 0.257. The predicted molar refractivity (Wildman–Crippen MR) is 84.2 cm³/mol. The number of ether oxygens (including phenoxy) is 1. The van der Waals surface area contributed by atoms with Gasteiger partial charge >= 0.3 is 0 Å². The number of rotatable bonds is 6. The summed E-state index contributed by atoms with van der Waals surface area (Å²) in [5.41, 5.74) is 1.99. The van der Waals surface area contributed by atoms with Crippen LogP contribution >= 0.6 is 15.9 Å². The first-order valence-electron chi connectivity index (χ1n) is 6.79. The van der Waals surface area contributed by atoms with Crippen LogP contribution in [-0.2, 0) is 0 Å². The number of aryl methyl sites for hydroxylation is 1. The van der Waals surface area contributed by atoms with Gasteiger partial charge in [-0.3, -0.25) is 0 Å². The van der Waals surface area contributed by atoms with Gasteiger partial charge in [-0.25, -0.2) is 4.98 Å². The van der Waals surface area contributed by atoms with Crippen molar-refractivity contribution in [3.05, 3.63) is 36.0 Å².